The maximum absolute atomic E-state index is 11.2. The van der Waals surface area contributed by atoms with E-state index in [0.717, 1.165) is 12.8 Å². The molecule has 2 rings (SSSR count). The average Bonchev–Trinajstić information content (AvgIpc) is 2.62. The molecule has 1 aliphatic rings. The molecule has 0 saturated heterocycles. The Bertz CT molecular complexity index is 384. The topological polar surface area (TPSA) is 26.3 Å². The van der Waals surface area contributed by atoms with Crippen LogP contribution in [-0.4, -0.2) is 13.1 Å². The zero-order valence-electron chi connectivity index (χ0n) is 9.90. The number of hydrogen-bond donors (Lipinski definition) is 0. The number of carbonyl (C=O) groups excluding carboxylic acids is 1. The lowest BCUT2D eigenvalue weighted by Crippen LogP contribution is -2.08. The van der Waals surface area contributed by atoms with Crippen LogP contribution in [0.3, 0.4) is 0 Å². The number of carbonyl (C=O) groups is 1. The van der Waals surface area contributed by atoms with Gasteiger partial charge in [0, 0.05) is 6.42 Å². The Morgan fingerprint density at radius 3 is 2.94 bits per heavy atom. The molecule has 1 aromatic carbocycles. The van der Waals surface area contributed by atoms with E-state index < -0.39 is 0 Å². The summed E-state index contributed by atoms with van der Waals surface area (Å²) in [5.41, 5.74) is 2.88. The molecule has 0 aromatic heterocycles. The van der Waals surface area contributed by atoms with Gasteiger partial charge in [-0.25, -0.2) is 0 Å². The first-order valence-corrected chi connectivity index (χ1v) is 5.87. The van der Waals surface area contributed by atoms with Crippen molar-refractivity contribution < 1.29 is 9.53 Å². The van der Waals surface area contributed by atoms with Crippen molar-refractivity contribution >= 4 is 5.97 Å². The molecule has 0 unspecified atom stereocenters. The molecule has 1 aromatic rings. The van der Waals surface area contributed by atoms with Gasteiger partial charge in [0.25, 0.3) is 0 Å². The highest BCUT2D eigenvalue weighted by Crippen LogP contribution is 2.40. The van der Waals surface area contributed by atoms with Crippen molar-refractivity contribution in [3.8, 4) is 0 Å². The highest BCUT2D eigenvalue weighted by atomic mass is 16.5. The smallest absolute Gasteiger partial charge is 0.305 e. The highest BCUT2D eigenvalue weighted by molar-refractivity contribution is 5.69. The van der Waals surface area contributed by atoms with Gasteiger partial charge in [0.2, 0.25) is 0 Å². The third kappa shape index (κ3) is 2.11. The number of esters is 1. The minimum absolute atomic E-state index is 0.100. The Morgan fingerprint density at radius 2 is 2.19 bits per heavy atom. The monoisotopic (exact) mass is 218 g/mol. The molecule has 0 amide bonds. The molecule has 0 spiro atoms. The minimum Gasteiger partial charge on any atom is -0.469 e. The Kier molecular flexibility index (Phi) is 3.28. The van der Waals surface area contributed by atoms with Crippen LogP contribution >= 0.6 is 0 Å². The van der Waals surface area contributed by atoms with Gasteiger partial charge in [-0.1, -0.05) is 31.2 Å². The SMILES string of the molecule is COC(=O)CC[C@H]1c2ccccc2C[C@@H]1C. The van der Waals surface area contributed by atoms with E-state index in [1.807, 2.05) is 0 Å². The van der Waals surface area contributed by atoms with E-state index in [4.69, 9.17) is 4.74 Å². The van der Waals surface area contributed by atoms with Crippen molar-refractivity contribution in [1.29, 1.82) is 0 Å². The van der Waals surface area contributed by atoms with Crippen molar-refractivity contribution in [2.24, 2.45) is 5.92 Å². The van der Waals surface area contributed by atoms with Crippen LogP contribution in [0.1, 0.15) is 36.8 Å². The predicted molar refractivity (Wildman–Crippen MR) is 63.3 cm³/mol. The van der Waals surface area contributed by atoms with Gasteiger partial charge in [-0.05, 0) is 35.8 Å². The molecule has 16 heavy (non-hydrogen) atoms. The second-order valence-corrected chi connectivity index (χ2v) is 4.60. The quantitative estimate of drug-likeness (QED) is 0.729. The number of hydrogen-bond acceptors (Lipinski definition) is 2. The van der Waals surface area contributed by atoms with E-state index in [1.165, 1.54) is 18.2 Å². The van der Waals surface area contributed by atoms with E-state index >= 15 is 0 Å². The van der Waals surface area contributed by atoms with Crippen LogP contribution in [0.4, 0.5) is 0 Å². The van der Waals surface area contributed by atoms with Gasteiger partial charge in [-0.15, -0.1) is 0 Å². The van der Waals surface area contributed by atoms with Gasteiger partial charge < -0.3 is 4.74 Å². The fourth-order valence-electron chi connectivity index (χ4n) is 2.69. The van der Waals surface area contributed by atoms with E-state index in [0.29, 0.717) is 18.3 Å². The van der Waals surface area contributed by atoms with E-state index in [9.17, 15) is 4.79 Å². The van der Waals surface area contributed by atoms with Crippen LogP contribution in [0.25, 0.3) is 0 Å². The van der Waals surface area contributed by atoms with E-state index in [2.05, 4.69) is 31.2 Å². The molecular weight excluding hydrogens is 200 g/mol. The third-order valence-electron chi connectivity index (χ3n) is 3.57. The molecule has 0 saturated carbocycles. The van der Waals surface area contributed by atoms with Crippen molar-refractivity contribution in [3.05, 3.63) is 35.4 Å². The maximum Gasteiger partial charge on any atom is 0.305 e. The summed E-state index contributed by atoms with van der Waals surface area (Å²) in [5.74, 6) is 1.06. The number of benzene rings is 1. The minimum atomic E-state index is -0.100. The number of rotatable bonds is 3. The summed E-state index contributed by atoms with van der Waals surface area (Å²) in [4.78, 5) is 11.2. The van der Waals surface area contributed by atoms with Crippen LogP contribution in [0.15, 0.2) is 24.3 Å². The standard InChI is InChI=1S/C14H18O2/c1-10-9-11-5-3-4-6-13(11)12(10)7-8-14(15)16-2/h3-6,10,12H,7-9H2,1-2H3/t10-,12+/m0/s1. The van der Waals surface area contributed by atoms with Crippen molar-refractivity contribution in [2.45, 2.75) is 32.1 Å². The molecule has 2 heteroatoms. The predicted octanol–water partition coefficient (Wildman–Crippen LogP) is 2.92. The van der Waals surface area contributed by atoms with Crippen molar-refractivity contribution in [1.82, 2.24) is 0 Å². The molecule has 2 nitrogen and oxygen atoms in total. The summed E-state index contributed by atoms with van der Waals surface area (Å²) in [6, 6.07) is 8.57. The lowest BCUT2D eigenvalue weighted by molar-refractivity contribution is -0.140. The third-order valence-corrected chi connectivity index (χ3v) is 3.57. The van der Waals surface area contributed by atoms with Crippen LogP contribution in [0, 0.1) is 5.92 Å². The van der Waals surface area contributed by atoms with Gasteiger partial charge in [0.05, 0.1) is 7.11 Å². The summed E-state index contributed by atoms with van der Waals surface area (Å²) < 4.78 is 4.69. The molecule has 0 aliphatic heterocycles. The normalized spacial score (nSPS) is 22.9. The van der Waals surface area contributed by atoms with E-state index in [-0.39, 0.29) is 5.97 Å². The van der Waals surface area contributed by atoms with Crippen LogP contribution < -0.4 is 0 Å². The second kappa shape index (κ2) is 4.69. The zero-order chi connectivity index (χ0) is 11.5. The van der Waals surface area contributed by atoms with Gasteiger partial charge in [-0.3, -0.25) is 4.79 Å². The molecule has 0 bridgehead atoms. The molecular formula is C14H18O2. The molecule has 0 fully saturated rings. The fourth-order valence-corrected chi connectivity index (χ4v) is 2.69. The van der Waals surface area contributed by atoms with Gasteiger partial charge in [-0.2, -0.15) is 0 Å². The fraction of sp³-hybridized carbons (Fsp3) is 0.500. The molecule has 1 aliphatic carbocycles. The Balaban J connectivity index is 2.07. The summed E-state index contributed by atoms with van der Waals surface area (Å²) >= 11 is 0. The lowest BCUT2D eigenvalue weighted by atomic mass is 9.90. The van der Waals surface area contributed by atoms with Crippen molar-refractivity contribution in [2.75, 3.05) is 7.11 Å². The Labute approximate surface area is 96.6 Å². The molecule has 0 radical (unpaired) electrons. The largest absolute Gasteiger partial charge is 0.469 e. The number of methoxy groups -OCH3 is 1. The zero-order valence-corrected chi connectivity index (χ0v) is 9.90. The first-order valence-electron chi connectivity index (χ1n) is 5.87. The second-order valence-electron chi connectivity index (χ2n) is 4.60. The Hall–Kier alpha value is -1.31. The van der Waals surface area contributed by atoms with Gasteiger partial charge in [0.15, 0.2) is 0 Å². The van der Waals surface area contributed by atoms with Crippen LogP contribution in [0.5, 0.6) is 0 Å². The maximum atomic E-state index is 11.2. The first-order chi connectivity index (χ1) is 7.72. The summed E-state index contributed by atoms with van der Waals surface area (Å²) in [5, 5.41) is 0. The number of fused-ring (bicyclic) bond motifs is 1. The first kappa shape index (κ1) is 11.2. The summed E-state index contributed by atoms with van der Waals surface area (Å²) in [7, 11) is 1.45. The van der Waals surface area contributed by atoms with Crippen LogP contribution in [-0.2, 0) is 16.0 Å². The average molecular weight is 218 g/mol. The summed E-state index contributed by atoms with van der Waals surface area (Å²) in [6.07, 6.45) is 2.58. The van der Waals surface area contributed by atoms with Crippen molar-refractivity contribution in [3.63, 3.8) is 0 Å². The number of ether oxygens (including phenoxy) is 1. The molecule has 0 heterocycles. The summed E-state index contributed by atoms with van der Waals surface area (Å²) in [6.45, 7) is 2.27. The molecule has 86 valence electrons. The van der Waals surface area contributed by atoms with Gasteiger partial charge in [0.1, 0.15) is 0 Å². The molecule has 0 N–H and O–H groups in total. The van der Waals surface area contributed by atoms with Crippen LogP contribution in [0.2, 0.25) is 0 Å². The Morgan fingerprint density at radius 1 is 1.44 bits per heavy atom. The van der Waals surface area contributed by atoms with Gasteiger partial charge >= 0.3 is 5.97 Å². The highest BCUT2D eigenvalue weighted by Gasteiger charge is 2.28. The molecule has 2 atom stereocenters. The van der Waals surface area contributed by atoms with E-state index in [1.54, 1.807) is 0 Å². The lowest BCUT2D eigenvalue weighted by Gasteiger charge is -2.15.